The van der Waals surface area contributed by atoms with Gasteiger partial charge in [0.05, 0.1) is 18.5 Å². The molecule has 4 heteroatoms. The van der Waals surface area contributed by atoms with E-state index in [-0.39, 0.29) is 0 Å². The molecule has 0 unspecified atom stereocenters. The largest absolute Gasteiger partial charge is 0.379 e. The quantitative estimate of drug-likeness (QED) is 0.813. The van der Waals surface area contributed by atoms with Gasteiger partial charge in [0.1, 0.15) is 0 Å². The SMILES string of the molecule is CCCNCc1ccc(SC2COC2)cc1Br. The van der Waals surface area contributed by atoms with Gasteiger partial charge in [0.15, 0.2) is 0 Å². The van der Waals surface area contributed by atoms with Crippen molar-refractivity contribution in [3.8, 4) is 0 Å². The summed E-state index contributed by atoms with van der Waals surface area (Å²) < 4.78 is 6.38. The monoisotopic (exact) mass is 315 g/mol. The van der Waals surface area contributed by atoms with Crippen molar-refractivity contribution in [2.45, 2.75) is 30.0 Å². The molecule has 0 amide bonds. The minimum atomic E-state index is 0.644. The summed E-state index contributed by atoms with van der Waals surface area (Å²) >= 11 is 5.55. The van der Waals surface area contributed by atoms with Crippen LogP contribution in [0.15, 0.2) is 27.6 Å². The fraction of sp³-hybridized carbons (Fsp3) is 0.538. The van der Waals surface area contributed by atoms with Crippen molar-refractivity contribution in [3.05, 3.63) is 28.2 Å². The van der Waals surface area contributed by atoms with Crippen LogP contribution >= 0.6 is 27.7 Å². The van der Waals surface area contributed by atoms with Crippen molar-refractivity contribution < 1.29 is 4.74 Å². The second-order valence-electron chi connectivity index (χ2n) is 4.21. The summed E-state index contributed by atoms with van der Waals surface area (Å²) in [5.74, 6) is 0. The third kappa shape index (κ3) is 3.98. The van der Waals surface area contributed by atoms with Crippen LogP contribution in [0, 0.1) is 0 Å². The van der Waals surface area contributed by atoms with Gasteiger partial charge in [-0.25, -0.2) is 0 Å². The molecule has 17 heavy (non-hydrogen) atoms. The fourth-order valence-corrected chi connectivity index (χ4v) is 3.34. The van der Waals surface area contributed by atoms with Gasteiger partial charge in [-0.3, -0.25) is 0 Å². The van der Waals surface area contributed by atoms with E-state index >= 15 is 0 Å². The molecule has 0 spiro atoms. The molecule has 94 valence electrons. The van der Waals surface area contributed by atoms with Gasteiger partial charge < -0.3 is 10.1 Å². The molecular formula is C13H18BrNOS. The van der Waals surface area contributed by atoms with Crippen molar-refractivity contribution in [2.75, 3.05) is 19.8 Å². The Morgan fingerprint density at radius 1 is 1.47 bits per heavy atom. The van der Waals surface area contributed by atoms with Crippen molar-refractivity contribution in [1.82, 2.24) is 5.32 Å². The molecular weight excluding hydrogens is 298 g/mol. The Morgan fingerprint density at radius 2 is 2.29 bits per heavy atom. The Labute approximate surface area is 116 Å². The first-order valence-corrected chi connectivity index (χ1v) is 7.70. The van der Waals surface area contributed by atoms with Crippen LogP contribution in [-0.4, -0.2) is 25.0 Å². The summed E-state index contributed by atoms with van der Waals surface area (Å²) in [5.41, 5.74) is 1.33. The molecule has 2 nitrogen and oxygen atoms in total. The standard InChI is InChI=1S/C13H18BrNOS/c1-2-5-15-7-10-3-4-11(6-13(10)14)17-12-8-16-9-12/h3-4,6,12,15H,2,5,7-9H2,1H3. The summed E-state index contributed by atoms with van der Waals surface area (Å²) in [4.78, 5) is 1.32. The van der Waals surface area contributed by atoms with Gasteiger partial charge >= 0.3 is 0 Å². The molecule has 2 rings (SSSR count). The first-order chi connectivity index (χ1) is 8.29. The lowest BCUT2D eigenvalue weighted by Gasteiger charge is -2.25. The molecule has 0 radical (unpaired) electrons. The van der Waals surface area contributed by atoms with Crippen molar-refractivity contribution in [3.63, 3.8) is 0 Å². The highest BCUT2D eigenvalue weighted by molar-refractivity contribution is 9.10. The summed E-state index contributed by atoms with van der Waals surface area (Å²) in [6.07, 6.45) is 1.17. The molecule has 0 aliphatic carbocycles. The number of hydrogen-bond donors (Lipinski definition) is 1. The fourth-order valence-electron chi connectivity index (χ4n) is 1.62. The highest BCUT2D eigenvalue weighted by Crippen LogP contribution is 2.31. The van der Waals surface area contributed by atoms with Crippen LogP contribution in [0.3, 0.4) is 0 Å². The van der Waals surface area contributed by atoms with Gasteiger partial charge in [-0.05, 0) is 30.7 Å². The van der Waals surface area contributed by atoms with Gasteiger partial charge in [0.25, 0.3) is 0 Å². The van der Waals surface area contributed by atoms with Crippen LogP contribution in [0.1, 0.15) is 18.9 Å². The van der Waals surface area contributed by atoms with E-state index in [1.54, 1.807) is 0 Å². The maximum Gasteiger partial charge on any atom is 0.0611 e. The van der Waals surface area contributed by atoms with E-state index in [0.29, 0.717) is 5.25 Å². The third-order valence-electron chi connectivity index (χ3n) is 2.68. The van der Waals surface area contributed by atoms with E-state index < -0.39 is 0 Å². The molecule has 0 atom stereocenters. The zero-order valence-corrected chi connectivity index (χ0v) is 12.4. The molecule has 1 aliphatic rings. The molecule has 1 aromatic carbocycles. The van der Waals surface area contributed by atoms with Crippen molar-refractivity contribution in [2.24, 2.45) is 0 Å². The molecule has 1 fully saturated rings. The van der Waals surface area contributed by atoms with Gasteiger partial charge in [-0.2, -0.15) is 0 Å². The lowest BCUT2D eigenvalue weighted by molar-refractivity contribution is 0.0455. The number of benzene rings is 1. The van der Waals surface area contributed by atoms with E-state index in [1.807, 2.05) is 11.8 Å². The van der Waals surface area contributed by atoms with Crippen molar-refractivity contribution >= 4 is 27.7 Å². The van der Waals surface area contributed by atoms with E-state index in [2.05, 4.69) is 46.4 Å². The number of hydrogen-bond acceptors (Lipinski definition) is 3. The summed E-state index contributed by atoms with van der Waals surface area (Å²) in [6, 6.07) is 6.62. The average Bonchev–Trinajstić information content (AvgIpc) is 2.27. The summed E-state index contributed by atoms with van der Waals surface area (Å²) in [5, 5.41) is 4.06. The van der Waals surface area contributed by atoms with Crippen LogP contribution in [0.2, 0.25) is 0 Å². The van der Waals surface area contributed by atoms with E-state index in [1.165, 1.54) is 21.4 Å². The van der Waals surface area contributed by atoms with Crippen LogP contribution in [0.5, 0.6) is 0 Å². The molecule has 0 bridgehead atoms. The molecule has 1 aromatic rings. The van der Waals surface area contributed by atoms with Crippen LogP contribution in [-0.2, 0) is 11.3 Å². The first kappa shape index (κ1) is 13.4. The molecule has 1 heterocycles. The topological polar surface area (TPSA) is 21.3 Å². The molecule has 1 N–H and O–H groups in total. The summed E-state index contributed by atoms with van der Waals surface area (Å²) in [7, 11) is 0. The number of rotatable bonds is 6. The summed E-state index contributed by atoms with van der Waals surface area (Å²) in [6.45, 7) is 5.97. The normalized spacial score (nSPS) is 15.9. The first-order valence-electron chi connectivity index (χ1n) is 6.03. The highest BCUT2D eigenvalue weighted by atomic mass is 79.9. The second kappa shape index (κ2) is 6.78. The van der Waals surface area contributed by atoms with E-state index in [9.17, 15) is 0 Å². The molecule has 1 aliphatic heterocycles. The van der Waals surface area contributed by atoms with E-state index in [4.69, 9.17) is 4.74 Å². The van der Waals surface area contributed by atoms with Gasteiger partial charge in [-0.1, -0.05) is 28.9 Å². The maximum atomic E-state index is 5.18. The highest BCUT2D eigenvalue weighted by Gasteiger charge is 2.19. The van der Waals surface area contributed by atoms with Crippen LogP contribution < -0.4 is 5.32 Å². The van der Waals surface area contributed by atoms with Crippen molar-refractivity contribution in [1.29, 1.82) is 0 Å². The van der Waals surface area contributed by atoms with Gasteiger partial charge in [0.2, 0.25) is 0 Å². The van der Waals surface area contributed by atoms with E-state index in [0.717, 1.165) is 26.3 Å². The molecule has 0 aromatic heterocycles. The average molecular weight is 316 g/mol. The number of nitrogens with one attached hydrogen (secondary N) is 1. The van der Waals surface area contributed by atoms with Gasteiger partial charge in [0, 0.05) is 15.9 Å². The predicted octanol–water partition coefficient (Wildman–Crippen LogP) is 3.44. The third-order valence-corrected chi connectivity index (χ3v) is 4.55. The lowest BCUT2D eigenvalue weighted by Crippen LogP contribution is -2.30. The second-order valence-corrected chi connectivity index (χ2v) is 6.44. The number of ether oxygens (including phenoxy) is 1. The molecule has 1 saturated heterocycles. The minimum absolute atomic E-state index is 0.644. The van der Waals surface area contributed by atoms with Crippen LogP contribution in [0.4, 0.5) is 0 Å². The van der Waals surface area contributed by atoms with Gasteiger partial charge in [-0.15, -0.1) is 11.8 Å². The smallest absolute Gasteiger partial charge is 0.0611 e. The zero-order chi connectivity index (χ0) is 12.1. The number of halogens is 1. The minimum Gasteiger partial charge on any atom is -0.379 e. The lowest BCUT2D eigenvalue weighted by atomic mass is 10.2. The Bertz CT molecular complexity index is 368. The number of thioether (sulfide) groups is 1. The van der Waals surface area contributed by atoms with Crippen LogP contribution in [0.25, 0.3) is 0 Å². The maximum absolute atomic E-state index is 5.18. The Morgan fingerprint density at radius 3 is 2.88 bits per heavy atom. The molecule has 0 saturated carbocycles. The Kier molecular flexibility index (Phi) is 5.35. The predicted molar refractivity (Wildman–Crippen MR) is 76.6 cm³/mol. The Hall–Kier alpha value is -0.0300. The Balaban J connectivity index is 1.90. The zero-order valence-electron chi connectivity index (χ0n) is 10.0.